The van der Waals surface area contributed by atoms with Crippen LogP contribution in [0.5, 0.6) is 0 Å². The molecule has 0 spiro atoms. The minimum atomic E-state index is -0.933. The maximum Gasteiger partial charge on any atom is 0.306 e. The highest BCUT2D eigenvalue weighted by Crippen LogP contribution is 2.22. The molecule has 0 heterocycles. The molecular formula is C14H20FN3O3. The fourth-order valence-electron chi connectivity index (χ4n) is 2.13. The topological polar surface area (TPSA) is 98.3 Å². The molecule has 0 saturated carbocycles. The molecule has 6 nitrogen and oxygen atoms in total. The molecule has 0 aliphatic heterocycles. The van der Waals surface area contributed by atoms with Crippen molar-refractivity contribution in [3.05, 3.63) is 34.1 Å². The number of nitro groups is 1. The van der Waals surface area contributed by atoms with Crippen molar-refractivity contribution in [3.8, 4) is 0 Å². The van der Waals surface area contributed by atoms with Crippen molar-refractivity contribution in [2.75, 3.05) is 11.9 Å². The van der Waals surface area contributed by atoms with E-state index in [1.807, 2.05) is 13.8 Å². The number of nitrogens with two attached hydrogens (primary N) is 1. The summed E-state index contributed by atoms with van der Waals surface area (Å²) in [7, 11) is 0. The Kier molecular flexibility index (Phi) is 6.23. The van der Waals surface area contributed by atoms with E-state index in [1.54, 1.807) is 0 Å². The number of benzene rings is 1. The smallest absolute Gasteiger partial charge is 0.306 e. The Morgan fingerprint density at radius 2 is 2.14 bits per heavy atom. The lowest BCUT2D eigenvalue weighted by Gasteiger charge is -2.16. The number of nitrogens with one attached hydrogen (secondary N) is 1. The van der Waals surface area contributed by atoms with E-state index in [2.05, 4.69) is 5.32 Å². The number of amides is 1. The first-order chi connectivity index (χ1) is 9.83. The molecule has 0 saturated heterocycles. The van der Waals surface area contributed by atoms with Crippen molar-refractivity contribution in [1.29, 1.82) is 0 Å². The van der Waals surface area contributed by atoms with Crippen molar-refractivity contribution >= 4 is 17.3 Å². The third-order valence-electron chi connectivity index (χ3n) is 3.04. The number of carbonyl (C=O) groups is 1. The molecule has 0 fully saturated rings. The minimum absolute atomic E-state index is 0.0560. The van der Waals surface area contributed by atoms with Crippen molar-refractivity contribution < 1.29 is 14.1 Å². The maximum absolute atomic E-state index is 13.2. The fraction of sp³-hybridized carbons (Fsp3) is 0.500. The zero-order chi connectivity index (χ0) is 16.0. The third kappa shape index (κ3) is 5.47. The number of carbonyl (C=O) groups excluding carboxylic acids is 1. The third-order valence-corrected chi connectivity index (χ3v) is 3.04. The molecule has 21 heavy (non-hydrogen) atoms. The minimum Gasteiger partial charge on any atom is -0.330 e. The zero-order valence-corrected chi connectivity index (χ0v) is 12.1. The highest BCUT2D eigenvalue weighted by Gasteiger charge is 2.17. The molecule has 0 bridgehead atoms. The Morgan fingerprint density at radius 3 is 2.67 bits per heavy atom. The average molecular weight is 297 g/mol. The largest absolute Gasteiger partial charge is 0.330 e. The van der Waals surface area contributed by atoms with E-state index in [4.69, 9.17) is 5.73 Å². The summed E-state index contributed by atoms with van der Waals surface area (Å²) in [6, 6.07) is 3.26. The van der Waals surface area contributed by atoms with E-state index in [-0.39, 0.29) is 23.9 Å². The van der Waals surface area contributed by atoms with Gasteiger partial charge in [0.15, 0.2) is 0 Å². The van der Waals surface area contributed by atoms with Gasteiger partial charge in [-0.1, -0.05) is 13.8 Å². The zero-order valence-electron chi connectivity index (χ0n) is 12.1. The molecule has 116 valence electrons. The van der Waals surface area contributed by atoms with Crippen LogP contribution in [0, 0.1) is 27.8 Å². The lowest BCUT2D eigenvalue weighted by atomic mass is 9.94. The molecule has 0 unspecified atom stereocenters. The Hall–Kier alpha value is -2.02. The predicted octanol–water partition coefficient (Wildman–Crippen LogP) is 2.68. The highest BCUT2D eigenvalue weighted by molar-refractivity contribution is 5.91. The van der Waals surface area contributed by atoms with Gasteiger partial charge >= 0.3 is 5.69 Å². The van der Waals surface area contributed by atoms with Crippen LogP contribution < -0.4 is 11.1 Å². The van der Waals surface area contributed by atoms with Gasteiger partial charge in [-0.3, -0.25) is 14.9 Å². The summed E-state index contributed by atoms with van der Waals surface area (Å²) in [4.78, 5) is 21.7. The van der Waals surface area contributed by atoms with Crippen LogP contribution in [0.4, 0.5) is 15.8 Å². The molecule has 1 rings (SSSR count). The second-order valence-corrected chi connectivity index (χ2v) is 5.41. The molecule has 0 radical (unpaired) electrons. The van der Waals surface area contributed by atoms with Gasteiger partial charge in [-0.05, 0) is 36.9 Å². The second kappa shape index (κ2) is 7.68. The van der Waals surface area contributed by atoms with Gasteiger partial charge in [0.25, 0.3) is 0 Å². The molecule has 0 aromatic heterocycles. The summed E-state index contributed by atoms with van der Waals surface area (Å²) in [5.74, 6) is -0.733. The van der Waals surface area contributed by atoms with Gasteiger partial charge in [-0.2, -0.15) is 4.39 Å². The van der Waals surface area contributed by atoms with E-state index in [0.29, 0.717) is 12.5 Å². The highest BCUT2D eigenvalue weighted by atomic mass is 19.1. The van der Waals surface area contributed by atoms with Gasteiger partial charge in [0.05, 0.1) is 4.92 Å². The lowest BCUT2D eigenvalue weighted by molar-refractivity contribution is -0.387. The average Bonchev–Trinajstić information content (AvgIpc) is 2.39. The molecule has 1 atom stereocenters. The van der Waals surface area contributed by atoms with Crippen LogP contribution in [0.2, 0.25) is 0 Å². The quantitative estimate of drug-likeness (QED) is 0.597. The normalized spacial score (nSPS) is 12.2. The molecule has 1 aromatic rings. The first-order valence-electron chi connectivity index (χ1n) is 6.77. The van der Waals surface area contributed by atoms with Crippen LogP contribution in [-0.4, -0.2) is 17.4 Å². The standard InChI is InChI=1S/C14H20FN3O3/c1-9(2)5-10(8-16)6-14(19)17-11-3-4-12(15)13(7-11)18(20)21/h3-4,7,9-10H,5-6,8,16H2,1-2H3,(H,17,19)/t10-/m0/s1. The Balaban J connectivity index is 2.70. The molecule has 7 heteroatoms. The summed E-state index contributed by atoms with van der Waals surface area (Å²) >= 11 is 0. The van der Waals surface area contributed by atoms with Crippen LogP contribution >= 0.6 is 0 Å². The van der Waals surface area contributed by atoms with Crippen molar-refractivity contribution in [2.24, 2.45) is 17.6 Å². The van der Waals surface area contributed by atoms with Gasteiger partial charge in [-0.25, -0.2) is 0 Å². The maximum atomic E-state index is 13.2. The SMILES string of the molecule is CC(C)C[C@H](CN)CC(=O)Nc1ccc(F)c([N+](=O)[O-])c1. The van der Waals surface area contributed by atoms with E-state index < -0.39 is 16.4 Å². The van der Waals surface area contributed by atoms with E-state index in [0.717, 1.165) is 18.6 Å². The van der Waals surface area contributed by atoms with Gasteiger partial charge < -0.3 is 11.1 Å². The first-order valence-corrected chi connectivity index (χ1v) is 6.77. The lowest BCUT2D eigenvalue weighted by Crippen LogP contribution is -2.23. The van der Waals surface area contributed by atoms with Gasteiger partial charge in [0, 0.05) is 18.2 Å². The van der Waals surface area contributed by atoms with E-state index in [1.165, 1.54) is 6.07 Å². The van der Waals surface area contributed by atoms with E-state index in [9.17, 15) is 19.3 Å². The Labute approximate surface area is 122 Å². The molecule has 3 N–H and O–H groups in total. The predicted molar refractivity (Wildman–Crippen MR) is 78.3 cm³/mol. The Bertz CT molecular complexity index is 520. The number of anilines is 1. The van der Waals surface area contributed by atoms with Crippen molar-refractivity contribution in [1.82, 2.24) is 0 Å². The number of hydrogen-bond acceptors (Lipinski definition) is 4. The number of rotatable bonds is 7. The summed E-state index contributed by atoms with van der Waals surface area (Å²) in [5.41, 5.74) is 5.17. The fourth-order valence-corrected chi connectivity index (χ4v) is 2.13. The molecular weight excluding hydrogens is 277 g/mol. The second-order valence-electron chi connectivity index (χ2n) is 5.41. The van der Waals surface area contributed by atoms with Crippen LogP contribution in [0.3, 0.4) is 0 Å². The number of halogens is 1. The van der Waals surface area contributed by atoms with Crippen LogP contribution in [-0.2, 0) is 4.79 Å². The molecule has 1 amide bonds. The number of nitro benzene ring substituents is 1. The molecule has 0 aliphatic carbocycles. The Morgan fingerprint density at radius 1 is 1.48 bits per heavy atom. The van der Waals surface area contributed by atoms with E-state index >= 15 is 0 Å². The monoisotopic (exact) mass is 297 g/mol. The van der Waals surface area contributed by atoms with Crippen LogP contribution in [0.1, 0.15) is 26.7 Å². The van der Waals surface area contributed by atoms with Gasteiger partial charge in [-0.15, -0.1) is 0 Å². The summed E-state index contributed by atoms with van der Waals surface area (Å²) in [6.07, 6.45) is 1.06. The van der Waals surface area contributed by atoms with Crippen LogP contribution in [0.25, 0.3) is 0 Å². The number of nitrogens with zero attached hydrogens (tertiary/aromatic N) is 1. The van der Waals surface area contributed by atoms with Crippen molar-refractivity contribution in [2.45, 2.75) is 26.7 Å². The molecule has 1 aromatic carbocycles. The van der Waals surface area contributed by atoms with Crippen LogP contribution in [0.15, 0.2) is 18.2 Å². The summed E-state index contributed by atoms with van der Waals surface area (Å²) in [5, 5.41) is 13.2. The summed E-state index contributed by atoms with van der Waals surface area (Å²) < 4.78 is 13.2. The van der Waals surface area contributed by atoms with Gasteiger partial charge in [0.2, 0.25) is 11.7 Å². The van der Waals surface area contributed by atoms with Crippen molar-refractivity contribution in [3.63, 3.8) is 0 Å². The molecule has 0 aliphatic rings. The number of hydrogen-bond donors (Lipinski definition) is 2. The van der Waals surface area contributed by atoms with Gasteiger partial charge in [0.1, 0.15) is 0 Å². The first kappa shape index (κ1) is 17.0. The summed E-state index contributed by atoms with van der Waals surface area (Å²) in [6.45, 7) is 4.49.